The number of esters is 1. The molecule has 1 aromatic rings. The van der Waals surface area contributed by atoms with E-state index in [0.717, 1.165) is 16.9 Å². The van der Waals surface area contributed by atoms with Crippen LogP contribution < -0.4 is 4.74 Å². The van der Waals surface area contributed by atoms with Gasteiger partial charge in [-0.1, -0.05) is 22.9 Å². The summed E-state index contributed by atoms with van der Waals surface area (Å²) in [6, 6.07) is 0. The van der Waals surface area contributed by atoms with Gasteiger partial charge in [0.25, 0.3) is 5.19 Å². The molecule has 0 aliphatic heterocycles. The first kappa shape index (κ1) is 17.4. The van der Waals surface area contributed by atoms with Crippen LogP contribution >= 0.6 is 22.9 Å². The smallest absolute Gasteiger partial charge is 0.341 e. The summed E-state index contributed by atoms with van der Waals surface area (Å²) in [7, 11) is 0. The standard InChI is InChI=1S/C13H15ClN2O4S/c1-5-19-11(18)8(6-14)9-10(15-7-17)21-12(16-9)20-13(2,3)4/h6H,5H2,1-4H3. The van der Waals surface area contributed by atoms with Gasteiger partial charge >= 0.3 is 5.97 Å². The predicted octanol–water partition coefficient (Wildman–Crippen LogP) is 3.43. The van der Waals surface area contributed by atoms with Gasteiger partial charge in [-0.15, -0.1) is 0 Å². The van der Waals surface area contributed by atoms with Gasteiger partial charge in [0.15, 0.2) is 5.00 Å². The molecule has 1 rings (SSSR count). The second kappa shape index (κ2) is 7.36. The molecule has 0 atom stereocenters. The van der Waals surface area contributed by atoms with E-state index in [1.807, 2.05) is 20.8 Å². The highest BCUT2D eigenvalue weighted by Gasteiger charge is 2.24. The minimum absolute atomic E-state index is 0.00697. The lowest BCUT2D eigenvalue weighted by atomic mass is 10.2. The van der Waals surface area contributed by atoms with Crippen LogP contribution in [0.4, 0.5) is 5.00 Å². The highest BCUT2D eigenvalue weighted by Crippen LogP contribution is 2.38. The second-order valence-corrected chi connectivity index (χ2v) is 5.95. The van der Waals surface area contributed by atoms with Crippen LogP contribution in [0.5, 0.6) is 5.19 Å². The van der Waals surface area contributed by atoms with Crippen molar-refractivity contribution in [2.24, 2.45) is 4.99 Å². The molecule has 0 aliphatic rings. The molecule has 0 N–H and O–H groups in total. The Morgan fingerprint density at radius 1 is 1.52 bits per heavy atom. The van der Waals surface area contributed by atoms with Gasteiger partial charge < -0.3 is 9.47 Å². The average molecular weight is 331 g/mol. The van der Waals surface area contributed by atoms with Crippen LogP contribution in [0.1, 0.15) is 33.4 Å². The van der Waals surface area contributed by atoms with Crippen LogP contribution in [0.3, 0.4) is 0 Å². The summed E-state index contributed by atoms with van der Waals surface area (Å²) in [6.45, 7) is 7.40. The maximum atomic E-state index is 11.8. The van der Waals surface area contributed by atoms with Crippen molar-refractivity contribution >= 4 is 45.6 Å². The molecule has 114 valence electrons. The lowest BCUT2D eigenvalue weighted by Gasteiger charge is -2.18. The summed E-state index contributed by atoms with van der Waals surface area (Å²) < 4.78 is 10.5. The van der Waals surface area contributed by atoms with E-state index in [1.54, 1.807) is 6.92 Å². The van der Waals surface area contributed by atoms with Crippen molar-refractivity contribution in [3.8, 4) is 5.19 Å². The van der Waals surface area contributed by atoms with Crippen LogP contribution in [0.25, 0.3) is 5.57 Å². The van der Waals surface area contributed by atoms with Gasteiger partial charge in [-0.25, -0.2) is 14.6 Å². The molecule has 0 bridgehead atoms. The Bertz CT molecular complexity index is 598. The van der Waals surface area contributed by atoms with E-state index in [-0.39, 0.29) is 28.1 Å². The number of ether oxygens (including phenoxy) is 2. The molecule has 0 unspecified atom stereocenters. The SMILES string of the molecule is CCOC(=O)C(=CCl)c1nc(OC(C)(C)C)sc1N=C=O. The molecule has 8 heteroatoms. The summed E-state index contributed by atoms with van der Waals surface area (Å²) in [5.41, 5.74) is 0.702. The number of halogens is 1. The first-order valence-corrected chi connectivity index (χ1v) is 7.33. The lowest BCUT2D eigenvalue weighted by Crippen LogP contribution is -2.22. The normalized spacial score (nSPS) is 11.8. The molecule has 0 spiro atoms. The Morgan fingerprint density at radius 3 is 2.67 bits per heavy atom. The maximum Gasteiger partial charge on any atom is 0.341 e. The summed E-state index contributed by atoms with van der Waals surface area (Å²) in [6.07, 6.45) is 1.42. The fraction of sp³-hybridized carbons (Fsp3) is 0.462. The molecule has 1 aromatic heterocycles. The number of aromatic nitrogens is 1. The molecule has 0 aliphatic carbocycles. The van der Waals surface area contributed by atoms with Gasteiger partial charge in [-0.3, -0.25) is 0 Å². The van der Waals surface area contributed by atoms with Gasteiger partial charge in [0.2, 0.25) is 6.08 Å². The molecule has 0 fully saturated rings. The molecule has 0 aromatic carbocycles. The maximum absolute atomic E-state index is 11.8. The Morgan fingerprint density at radius 2 is 2.19 bits per heavy atom. The zero-order valence-electron chi connectivity index (χ0n) is 12.1. The highest BCUT2D eigenvalue weighted by molar-refractivity contribution is 7.17. The third kappa shape index (κ3) is 4.97. The number of hydrogen-bond donors (Lipinski definition) is 0. The Balaban J connectivity index is 3.26. The number of carbonyl (C=O) groups is 1. The Labute approximate surface area is 131 Å². The topological polar surface area (TPSA) is 77.8 Å². The third-order valence-electron chi connectivity index (χ3n) is 1.99. The summed E-state index contributed by atoms with van der Waals surface area (Å²) in [5.74, 6) is -0.651. The van der Waals surface area contributed by atoms with Gasteiger partial charge in [0.05, 0.1) is 12.2 Å². The summed E-state index contributed by atoms with van der Waals surface area (Å²) in [5, 5.41) is 0.455. The van der Waals surface area contributed by atoms with Crippen LogP contribution in [0.2, 0.25) is 0 Å². The number of hydrogen-bond acceptors (Lipinski definition) is 7. The van der Waals surface area contributed by atoms with E-state index in [4.69, 9.17) is 21.1 Å². The van der Waals surface area contributed by atoms with E-state index < -0.39 is 11.6 Å². The molecular weight excluding hydrogens is 316 g/mol. The third-order valence-corrected chi connectivity index (χ3v) is 3.04. The lowest BCUT2D eigenvalue weighted by molar-refractivity contribution is -0.136. The fourth-order valence-corrected chi connectivity index (χ4v) is 2.41. The zero-order valence-corrected chi connectivity index (χ0v) is 13.7. The van der Waals surface area contributed by atoms with Crippen molar-refractivity contribution in [1.29, 1.82) is 0 Å². The van der Waals surface area contributed by atoms with E-state index in [2.05, 4.69) is 9.98 Å². The van der Waals surface area contributed by atoms with Gasteiger partial charge in [0.1, 0.15) is 11.3 Å². The van der Waals surface area contributed by atoms with E-state index in [0.29, 0.717) is 0 Å². The fourth-order valence-electron chi connectivity index (χ4n) is 1.29. The van der Waals surface area contributed by atoms with E-state index >= 15 is 0 Å². The zero-order chi connectivity index (χ0) is 16.0. The molecule has 1 heterocycles. The number of aliphatic imine (C=N–C) groups is 1. The number of nitrogens with zero attached hydrogens (tertiary/aromatic N) is 2. The van der Waals surface area contributed by atoms with Crippen molar-refractivity contribution in [2.45, 2.75) is 33.3 Å². The van der Waals surface area contributed by atoms with E-state index in [9.17, 15) is 9.59 Å². The van der Waals surface area contributed by atoms with Crippen molar-refractivity contribution in [1.82, 2.24) is 4.98 Å². The molecule has 6 nitrogen and oxygen atoms in total. The molecular formula is C13H15ClN2O4S. The molecule has 0 saturated carbocycles. The van der Waals surface area contributed by atoms with Crippen LogP contribution in [-0.4, -0.2) is 29.2 Å². The summed E-state index contributed by atoms with van der Waals surface area (Å²) in [4.78, 5) is 30.0. The summed E-state index contributed by atoms with van der Waals surface area (Å²) >= 11 is 6.69. The van der Waals surface area contributed by atoms with Crippen LogP contribution in [0, 0.1) is 0 Å². The van der Waals surface area contributed by atoms with E-state index in [1.165, 1.54) is 6.08 Å². The van der Waals surface area contributed by atoms with Crippen LogP contribution in [0.15, 0.2) is 10.5 Å². The van der Waals surface area contributed by atoms with Gasteiger partial charge in [-0.05, 0) is 27.7 Å². The Kier molecular flexibility index (Phi) is 6.08. The van der Waals surface area contributed by atoms with Crippen molar-refractivity contribution in [3.63, 3.8) is 0 Å². The first-order valence-electron chi connectivity index (χ1n) is 6.08. The van der Waals surface area contributed by atoms with Gasteiger partial charge in [-0.2, -0.15) is 4.99 Å². The minimum atomic E-state index is -0.651. The first-order chi connectivity index (χ1) is 9.82. The minimum Gasteiger partial charge on any atom is -0.464 e. The molecule has 21 heavy (non-hydrogen) atoms. The Hall–Kier alpha value is -1.69. The molecule has 0 amide bonds. The average Bonchev–Trinajstić information content (AvgIpc) is 2.71. The van der Waals surface area contributed by atoms with Crippen molar-refractivity contribution < 1.29 is 19.1 Å². The quantitative estimate of drug-likeness (QED) is 0.358. The largest absolute Gasteiger partial charge is 0.464 e. The predicted molar refractivity (Wildman–Crippen MR) is 80.7 cm³/mol. The second-order valence-electron chi connectivity index (χ2n) is 4.79. The van der Waals surface area contributed by atoms with Gasteiger partial charge in [0, 0.05) is 5.54 Å². The number of isocyanates is 1. The number of rotatable bonds is 5. The highest BCUT2D eigenvalue weighted by atomic mass is 35.5. The van der Waals surface area contributed by atoms with Crippen molar-refractivity contribution in [3.05, 3.63) is 11.2 Å². The monoisotopic (exact) mass is 330 g/mol. The molecule has 0 radical (unpaired) electrons. The van der Waals surface area contributed by atoms with Crippen molar-refractivity contribution in [2.75, 3.05) is 6.61 Å². The number of thiazole rings is 1. The molecule has 0 saturated heterocycles. The van der Waals surface area contributed by atoms with Crippen LogP contribution in [-0.2, 0) is 14.3 Å². The number of carbonyl (C=O) groups excluding carboxylic acids is 2.